The van der Waals surface area contributed by atoms with Gasteiger partial charge < -0.3 is 9.80 Å². The summed E-state index contributed by atoms with van der Waals surface area (Å²) in [7, 11) is 2.05. The molecule has 0 radical (unpaired) electrons. The second-order valence-corrected chi connectivity index (χ2v) is 5.40. The van der Waals surface area contributed by atoms with Crippen LogP contribution in [0.2, 0.25) is 0 Å². The van der Waals surface area contributed by atoms with Crippen molar-refractivity contribution in [1.29, 1.82) is 0 Å². The lowest BCUT2D eigenvalue weighted by molar-refractivity contribution is 0.0691. The highest BCUT2D eigenvalue weighted by molar-refractivity contribution is 5.95. The Hall–Kier alpha value is -1.42. The monoisotopic (exact) mass is 264 g/mol. The molecule has 4 heteroatoms. The number of halogens is 1. The van der Waals surface area contributed by atoms with Crippen molar-refractivity contribution in [3.8, 4) is 0 Å². The third-order valence-corrected chi connectivity index (χ3v) is 3.73. The van der Waals surface area contributed by atoms with Crippen LogP contribution in [0.5, 0.6) is 0 Å². The van der Waals surface area contributed by atoms with Gasteiger partial charge in [-0.2, -0.15) is 0 Å². The number of carbonyl (C=O) groups is 1. The summed E-state index contributed by atoms with van der Waals surface area (Å²) in [6.07, 6.45) is 0.931. The van der Waals surface area contributed by atoms with Crippen LogP contribution in [-0.4, -0.2) is 48.4 Å². The van der Waals surface area contributed by atoms with Crippen LogP contribution in [0.3, 0.4) is 0 Å². The molecule has 1 aliphatic rings. The van der Waals surface area contributed by atoms with Gasteiger partial charge in [0.15, 0.2) is 0 Å². The van der Waals surface area contributed by atoms with Gasteiger partial charge in [0.25, 0.3) is 5.91 Å². The minimum Gasteiger partial charge on any atom is -0.335 e. The highest BCUT2D eigenvalue weighted by Crippen LogP contribution is 2.17. The van der Waals surface area contributed by atoms with Gasteiger partial charge in [-0.15, -0.1) is 0 Å². The lowest BCUT2D eigenvalue weighted by Crippen LogP contribution is -2.42. The molecule has 0 aliphatic carbocycles. The summed E-state index contributed by atoms with van der Waals surface area (Å²) in [6.45, 7) is 6.21. The molecule has 1 fully saturated rings. The zero-order chi connectivity index (χ0) is 14.0. The fourth-order valence-electron chi connectivity index (χ4n) is 2.64. The Balaban J connectivity index is 2.25. The van der Waals surface area contributed by atoms with Crippen LogP contribution in [0.4, 0.5) is 4.39 Å². The first-order valence-corrected chi connectivity index (χ1v) is 6.75. The summed E-state index contributed by atoms with van der Waals surface area (Å²) < 4.78 is 14.1. The number of nitrogens with zero attached hydrogens (tertiary/aromatic N) is 2. The van der Waals surface area contributed by atoms with E-state index in [-0.39, 0.29) is 17.5 Å². The van der Waals surface area contributed by atoms with E-state index in [0.29, 0.717) is 12.1 Å². The quantitative estimate of drug-likeness (QED) is 0.777. The fraction of sp³-hybridized carbons (Fsp3) is 0.533. The van der Waals surface area contributed by atoms with Crippen molar-refractivity contribution in [3.05, 3.63) is 35.1 Å². The van der Waals surface area contributed by atoms with E-state index in [0.717, 1.165) is 19.5 Å². The zero-order valence-corrected chi connectivity index (χ0v) is 11.8. The fourth-order valence-corrected chi connectivity index (χ4v) is 2.64. The molecule has 0 saturated carbocycles. The minimum atomic E-state index is -0.391. The zero-order valence-electron chi connectivity index (χ0n) is 11.8. The second kappa shape index (κ2) is 5.70. The minimum absolute atomic E-state index is 0.111. The largest absolute Gasteiger partial charge is 0.335 e. The molecular formula is C15H21FN2O. The number of hydrogen-bond donors (Lipinski definition) is 0. The predicted octanol–water partition coefficient (Wildman–Crippen LogP) is 2.30. The molecule has 1 aliphatic heterocycles. The highest BCUT2D eigenvalue weighted by Gasteiger charge is 2.26. The molecule has 1 amide bonds. The van der Waals surface area contributed by atoms with Crippen LogP contribution in [0.25, 0.3) is 0 Å². The van der Waals surface area contributed by atoms with Crippen LogP contribution < -0.4 is 0 Å². The van der Waals surface area contributed by atoms with E-state index in [2.05, 4.69) is 11.9 Å². The molecule has 1 saturated heterocycles. The van der Waals surface area contributed by atoms with E-state index in [1.807, 2.05) is 6.92 Å². The molecule has 1 heterocycles. The molecule has 2 rings (SSSR count). The molecule has 1 unspecified atom stereocenters. The summed E-state index contributed by atoms with van der Waals surface area (Å²) in [6, 6.07) is 5.11. The molecule has 0 aromatic heterocycles. The first-order valence-electron chi connectivity index (χ1n) is 6.75. The maximum absolute atomic E-state index is 14.1. The molecule has 0 bridgehead atoms. The Kier molecular flexibility index (Phi) is 4.20. The number of likely N-dealkylation sites (N-methyl/N-ethyl adjacent to an activating group) is 1. The SMILES string of the molecule is Cc1cccc(C(=O)N2CCCN(C)CC2C)c1F. The van der Waals surface area contributed by atoms with Crippen molar-refractivity contribution in [2.75, 3.05) is 26.7 Å². The topological polar surface area (TPSA) is 23.6 Å². The average molecular weight is 264 g/mol. The Morgan fingerprint density at radius 3 is 2.84 bits per heavy atom. The number of rotatable bonds is 1. The van der Waals surface area contributed by atoms with Crippen LogP contribution in [0.1, 0.15) is 29.3 Å². The summed E-state index contributed by atoms with van der Waals surface area (Å²) in [5.41, 5.74) is 0.710. The van der Waals surface area contributed by atoms with E-state index in [4.69, 9.17) is 0 Å². The van der Waals surface area contributed by atoms with Gasteiger partial charge in [-0.05, 0) is 45.5 Å². The van der Waals surface area contributed by atoms with Gasteiger partial charge in [0.05, 0.1) is 5.56 Å². The molecule has 1 atom stereocenters. The van der Waals surface area contributed by atoms with Crippen LogP contribution >= 0.6 is 0 Å². The third kappa shape index (κ3) is 2.95. The van der Waals surface area contributed by atoms with Crippen molar-refractivity contribution in [1.82, 2.24) is 9.80 Å². The first-order chi connectivity index (χ1) is 9.00. The third-order valence-electron chi connectivity index (χ3n) is 3.73. The normalized spacial score (nSPS) is 21.3. The Labute approximate surface area is 114 Å². The lowest BCUT2D eigenvalue weighted by Gasteiger charge is -2.28. The first kappa shape index (κ1) is 14.0. The van der Waals surface area contributed by atoms with Gasteiger partial charge in [-0.1, -0.05) is 12.1 Å². The van der Waals surface area contributed by atoms with Gasteiger partial charge in [0, 0.05) is 19.1 Å². The maximum Gasteiger partial charge on any atom is 0.257 e. The number of amides is 1. The van der Waals surface area contributed by atoms with E-state index in [9.17, 15) is 9.18 Å². The predicted molar refractivity (Wildman–Crippen MR) is 73.7 cm³/mol. The Morgan fingerprint density at radius 1 is 1.37 bits per heavy atom. The van der Waals surface area contributed by atoms with E-state index in [1.54, 1.807) is 30.0 Å². The summed E-state index contributed by atoms with van der Waals surface area (Å²) in [5.74, 6) is -0.582. The highest BCUT2D eigenvalue weighted by atomic mass is 19.1. The molecule has 1 aromatic carbocycles. The number of hydrogen-bond acceptors (Lipinski definition) is 2. The van der Waals surface area contributed by atoms with Crippen LogP contribution in [0.15, 0.2) is 18.2 Å². The Morgan fingerprint density at radius 2 is 2.11 bits per heavy atom. The summed E-state index contributed by atoms with van der Waals surface area (Å²) in [4.78, 5) is 16.5. The summed E-state index contributed by atoms with van der Waals surface area (Å²) >= 11 is 0. The van der Waals surface area contributed by atoms with Gasteiger partial charge in [0.1, 0.15) is 5.82 Å². The number of aryl methyl sites for hydroxylation is 1. The van der Waals surface area contributed by atoms with Gasteiger partial charge >= 0.3 is 0 Å². The standard InChI is InChI=1S/C15H21FN2O/c1-11-6-4-7-13(14(11)16)15(19)18-9-5-8-17(3)10-12(18)2/h4,6-7,12H,5,8-10H2,1-3H3. The molecule has 0 spiro atoms. The molecule has 3 nitrogen and oxygen atoms in total. The average Bonchev–Trinajstić information content (AvgIpc) is 2.53. The van der Waals surface area contributed by atoms with E-state index in [1.165, 1.54) is 0 Å². The van der Waals surface area contributed by atoms with Gasteiger partial charge in [0.2, 0.25) is 0 Å². The molecular weight excluding hydrogens is 243 g/mol. The molecule has 1 aromatic rings. The van der Waals surface area contributed by atoms with E-state index < -0.39 is 5.82 Å². The second-order valence-electron chi connectivity index (χ2n) is 5.40. The maximum atomic E-state index is 14.1. The van der Waals surface area contributed by atoms with Crippen molar-refractivity contribution in [2.24, 2.45) is 0 Å². The van der Waals surface area contributed by atoms with Crippen molar-refractivity contribution in [2.45, 2.75) is 26.3 Å². The Bertz CT molecular complexity index is 475. The number of carbonyl (C=O) groups excluding carboxylic acids is 1. The van der Waals surface area contributed by atoms with Crippen LogP contribution in [-0.2, 0) is 0 Å². The molecule has 104 valence electrons. The van der Waals surface area contributed by atoms with Gasteiger partial charge in [-0.3, -0.25) is 4.79 Å². The van der Waals surface area contributed by atoms with Crippen LogP contribution in [0, 0.1) is 12.7 Å². The van der Waals surface area contributed by atoms with Gasteiger partial charge in [-0.25, -0.2) is 4.39 Å². The van der Waals surface area contributed by atoms with E-state index >= 15 is 0 Å². The molecule has 0 N–H and O–H groups in total. The van der Waals surface area contributed by atoms with Crippen molar-refractivity contribution >= 4 is 5.91 Å². The van der Waals surface area contributed by atoms with Crippen molar-refractivity contribution in [3.63, 3.8) is 0 Å². The lowest BCUT2D eigenvalue weighted by atomic mass is 10.1. The van der Waals surface area contributed by atoms with Crippen molar-refractivity contribution < 1.29 is 9.18 Å². The number of benzene rings is 1. The smallest absolute Gasteiger partial charge is 0.257 e. The summed E-state index contributed by atoms with van der Waals surface area (Å²) in [5, 5.41) is 0. The molecule has 19 heavy (non-hydrogen) atoms.